The largest absolute Gasteiger partial charge is 0.323 e. The molecule has 2 N–H and O–H groups in total. The highest BCUT2D eigenvalue weighted by molar-refractivity contribution is 5.99. The van der Waals surface area contributed by atoms with Crippen molar-refractivity contribution in [3.05, 3.63) is 54.1 Å². The van der Waals surface area contributed by atoms with E-state index in [0.29, 0.717) is 0 Å². The number of hydrogen-bond acceptors (Lipinski definition) is 2. The smallest absolute Gasteiger partial charge is 0.248 e. The second kappa shape index (κ2) is 11.7. The highest BCUT2D eigenvalue weighted by Gasteiger charge is 2.12. The van der Waals surface area contributed by atoms with Gasteiger partial charge in [-0.1, -0.05) is 57.6 Å². The third-order valence-corrected chi connectivity index (χ3v) is 4.41. The molecule has 0 radical (unpaired) electrons. The minimum atomic E-state index is -0.0917. The van der Waals surface area contributed by atoms with Gasteiger partial charge >= 0.3 is 0 Å². The summed E-state index contributed by atoms with van der Waals surface area (Å²) in [4.78, 5) is 11.3. The molecule has 1 unspecified atom stereocenters. The summed E-state index contributed by atoms with van der Waals surface area (Å²) in [6, 6.07) is 8.73. The number of carbonyl (C=O) groups excluding carboxylic acids is 1. The van der Waals surface area contributed by atoms with Crippen LogP contribution in [0.4, 0.5) is 5.69 Å². The molecule has 0 bridgehead atoms. The zero-order chi connectivity index (χ0) is 19.4. The number of anilines is 1. The van der Waals surface area contributed by atoms with E-state index in [2.05, 4.69) is 50.5 Å². The molecule has 0 spiro atoms. The van der Waals surface area contributed by atoms with Gasteiger partial charge in [0.15, 0.2) is 0 Å². The van der Waals surface area contributed by atoms with Gasteiger partial charge in [-0.15, -0.1) is 0 Å². The number of allylic oxidation sites excluding steroid dienone is 2. The summed E-state index contributed by atoms with van der Waals surface area (Å²) in [6.45, 7) is 11.6. The Balaban J connectivity index is 0.000000289. The molecule has 3 heteroatoms. The molecular formula is C23H36N2O. The number of benzene rings is 1. The van der Waals surface area contributed by atoms with E-state index in [0.717, 1.165) is 11.7 Å². The van der Waals surface area contributed by atoms with E-state index in [1.54, 1.807) is 6.08 Å². The van der Waals surface area contributed by atoms with Crippen molar-refractivity contribution in [3.8, 4) is 0 Å². The van der Waals surface area contributed by atoms with Gasteiger partial charge in [-0.25, -0.2) is 0 Å². The SMILES string of the molecule is C/C=C/C(=O)Nc1ccc(C(C)(C)C)cc1.C/C=C\CC1CCCCN1. The summed E-state index contributed by atoms with van der Waals surface area (Å²) in [5.41, 5.74) is 2.24. The average Bonchev–Trinajstić information content (AvgIpc) is 2.61. The topological polar surface area (TPSA) is 41.1 Å². The standard InChI is InChI=1S/C14H19NO.C9H17N/c1-5-6-13(16)15-12-9-7-11(8-10-12)14(2,3)4;1-2-3-6-9-7-4-5-8-10-9/h5-10H,1-4H3,(H,15,16);2-3,9-10H,4-8H2,1H3/b6-5+;3-2-. The molecule has 2 rings (SSSR count). The number of amides is 1. The highest BCUT2D eigenvalue weighted by Crippen LogP contribution is 2.23. The molecule has 1 aromatic rings. The molecule has 26 heavy (non-hydrogen) atoms. The first-order valence-electron chi connectivity index (χ1n) is 9.75. The fraction of sp³-hybridized carbons (Fsp3) is 0.522. The van der Waals surface area contributed by atoms with E-state index in [4.69, 9.17) is 0 Å². The van der Waals surface area contributed by atoms with Gasteiger partial charge in [-0.3, -0.25) is 4.79 Å². The normalized spacial score (nSPS) is 17.8. The van der Waals surface area contributed by atoms with Crippen LogP contribution < -0.4 is 10.6 Å². The third-order valence-electron chi connectivity index (χ3n) is 4.41. The van der Waals surface area contributed by atoms with Crippen LogP contribution in [0.25, 0.3) is 0 Å². The Labute approximate surface area is 160 Å². The Bertz CT molecular complexity index is 573. The fourth-order valence-electron chi connectivity index (χ4n) is 2.81. The van der Waals surface area contributed by atoms with Crippen LogP contribution in [0.1, 0.15) is 65.9 Å². The minimum Gasteiger partial charge on any atom is -0.323 e. The van der Waals surface area contributed by atoms with Crippen molar-refractivity contribution in [2.24, 2.45) is 0 Å². The van der Waals surface area contributed by atoms with E-state index in [-0.39, 0.29) is 11.3 Å². The second-order valence-electron chi connectivity index (χ2n) is 7.77. The summed E-state index contributed by atoms with van der Waals surface area (Å²) in [6.07, 6.45) is 13.0. The van der Waals surface area contributed by atoms with Gasteiger partial charge in [0.1, 0.15) is 0 Å². The van der Waals surface area contributed by atoms with Gasteiger partial charge in [0.25, 0.3) is 0 Å². The van der Waals surface area contributed by atoms with E-state index >= 15 is 0 Å². The lowest BCUT2D eigenvalue weighted by Crippen LogP contribution is -2.33. The Kier molecular flexibility index (Phi) is 9.97. The third kappa shape index (κ3) is 9.00. The summed E-state index contributed by atoms with van der Waals surface area (Å²) >= 11 is 0. The predicted octanol–water partition coefficient (Wildman–Crippen LogP) is 5.59. The van der Waals surface area contributed by atoms with Crippen molar-refractivity contribution >= 4 is 11.6 Å². The van der Waals surface area contributed by atoms with Crippen molar-refractivity contribution in [1.29, 1.82) is 0 Å². The molecule has 1 amide bonds. The number of rotatable bonds is 4. The maximum atomic E-state index is 11.3. The molecule has 1 aromatic carbocycles. The zero-order valence-electron chi connectivity index (χ0n) is 17.1. The monoisotopic (exact) mass is 356 g/mol. The summed E-state index contributed by atoms with van der Waals surface area (Å²) < 4.78 is 0. The summed E-state index contributed by atoms with van der Waals surface area (Å²) in [5, 5.41) is 6.30. The van der Waals surface area contributed by atoms with Crippen LogP contribution in [0.3, 0.4) is 0 Å². The Hall–Kier alpha value is -1.87. The first-order chi connectivity index (χ1) is 12.4. The van der Waals surface area contributed by atoms with Gasteiger partial charge < -0.3 is 10.6 Å². The molecule has 3 nitrogen and oxygen atoms in total. The molecule has 0 saturated carbocycles. The van der Waals surface area contributed by atoms with Crippen molar-refractivity contribution < 1.29 is 4.79 Å². The number of hydrogen-bond donors (Lipinski definition) is 2. The van der Waals surface area contributed by atoms with Crippen LogP contribution in [-0.4, -0.2) is 18.5 Å². The van der Waals surface area contributed by atoms with Gasteiger partial charge in [0.2, 0.25) is 5.91 Å². The molecule has 1 aliphatic heterocycles. The van der Waals surface area contributed by atoms with Crippen LogP contribution in [0.5, 0.6) is 0 Å². The van der Waals surface area contributed by atoms with Crippen molar-refractivity contribution in [3.63, 3.8) is 0 Å². The Morgan fingerprint density at radius 1 is 1.15 bits per heavy atom. The van der Waals surface area contributed by atoms with Gasteiger partial charge in [-0.05, 0) is 68.8 Å². The van der Waals surface area contributed by atoms with Gasteiger partial charge in [-0.2, -0.15) is 0 Å². The first kappa shape index (κ1) is 22.2. The molecule has 0 aromatic heterocycles. The average molecular weight is 357 g/mol. The van der Waals surface area contributed by atoms with Crippen LogP contribution in [-0.2, 0) is 10.2 Å². The van der Waals surface area contributed by atoms with E-state index < -0.39 is 0 Å². The van der Waals surface area contributed by atoms with Crippen molar-refractivity contribution in [2.75, 3.05) is 11.9 Å². The molecule has 1 fully saturated rings. The molecule has 1 aliphatic rings. The summed E-state index contributed by atoms with van der Waals surface area (Å²) in [7, 11) is 0. The molecule has 1 heterocycles. The van der Waals surface area contributed by atoms with E-state index in [1.807, 2.05) is 31.2 Å². The predicted molar refractivity (Wildman–Crippen MR) is 114 cm³/mol. The van der Waals surface area contributed by atoms with Crippen molar-refractivity contribution in [2.45, 2.75) is 71.8 Å². The van der Waals surface area contributed by atoms with Crippen LogP contribution in [0, 0.1) is 0 Å². The molecule has 1 saturated heterocycles. The second-order valence-corrected chi connectivity index (χ2v) is 7.77. The molecular weight excluding hydrogens is 320 g/mol. The lowest BCUT2D eigenvalue weighted by molar-refractivity contribution is -0.111. The van der Waals surface area contributed by atoms with Gasteiger partial charge in [0, 0.05) is 11.7 Å². The molecule has 144 valence electrons. The van der Waals surface area contributed by atoms with E-state index in [9.17, 15) is 4.79 Å². The minimum absolute atomic E-state index is 0.0917. The lowest BCUT2D eigenvalue weighted by atomic mass is 9.87. The Morgan fingerprint density at radius 2 is 1.85 bits per heavy atom. The fourth-order valence-corrected chi connectivity index (χ4v) is 2.81. The lowest BCUT2D eigenvalue weighted by Gasteiger charge is -2.21. The highest BCUT2D eigenvalue weighted by atomic mass is 16.1. The number of nitrogens with one attached hydrogen (secondary N) is 2. The van der Waals surface area contributed by atoms with Gasteiger partial charge in [0.05, 0.1) is 0 Å². The van der Waals surface area contributed by atoms with E-state index in [1.165, 1.54) is 43.9 Å². The number of carbonyl (C=O) groups is 1. The van der Waals surface area contributed by atoms with Crippen molar-refractivity contribution in [1.82, 2.24) is 5.32 Å². The zero-order valence-corrected chi connectivity index (χ0v) is 17.1. The maximum Gasteiger partial charge on any atom is 0.248 e. The molecule has 1 atom stereocenters. The molecule has 0 aliphatic carbocycles. The summed E-state index contributed by atoms with van der Waals surface area (Å²) in [5.74, 6) is -0.0917. The maximum absolute atomic E-state index is 11.3. The van der Waals surface area contributed by atoms with Crippen LogP contribution >= 0.6 is 0 Å². The number of piperidine rings is 1. The van der Waals surface area contributed by atoms with Crippen LogP contribution in [0.15, 0.2) is 48.6 Å². The van der Waals surface area contributed by atoms with Crippen LogP contribution in [0.2, 0.25) is 0 Å². The first-order valence-corrected chi connectivity index (χ1v) is 9.75. The quantitative estimate of drug-likeness (QED) is 0.545. The Morgan fingerprint density at radius 3 is 2.35 bits per heavy atom.